The van der Waals surface area contributed by atoms with Crippen molar-refractivity contribution in [2.45, 2.75) is 11.4 Å². The minimum atomic E-state index is -1.26. The van der Waals surface area contributed by atoms with E-state index in [1.807, 2.05) is 18.2 Å². The van der Waals surface area contributed by atoms with Gasteiger partial charge in [0.05, 0.1) is 24.2 Å². The number of carbonyl (C=O) groups is 3. The van der Waals surface area contributed by atoms with Gasteiger partial charge in [0, 0.05) is 16.3 Å². The van der Waals surface area contributed by atoms with E-state index in [9.17, 15) is 14.4 Å². The van der Waals surface area contributed by atoms with Gasteiger partial charge in [-0.1, -0.05) is 29.8 Å². The van der Waals surface area contributed by atoms with Gasteiger partial charge in [-0.2, -0.15) is 0 Å². The van der Waals surface area contributed by atoms with E-state index in [4.69, 9.17) is 16.0 Å². The zero-order valence-corrected chi connectivity index (χ0v) is 18.4. The van der Waals surface area contributed by atoms with Crippen molar-refractivity contribution in [3.8, 4) is 0 Å². The largest absolute Gasteiger partial charge is 0.467 e. The number of nitrogens with one attached hydrogen (secondary N) is 1. The molecule has 0 saturated carbocycles. The van der Waals surface area contributed by atoms with Gasteiger partial charge in [-0.3, -0.25) is 24.2 Å². The molecule has 7 nitrogen and oxygen atoms in total. The van der Waals surface area contributed by atoms with Crippen molar-refractivity contribution in [3.63, 3.8) is 0 Å². The fourth-order valence-corrected chi connectivity index (χ4v) is 5.59. The standard InChI is InChI=1S/C23H18ClN3O4S/c24-15-7-9-16(10-8-15)27-21(29)14-32-23(27)18-5-1-2-6-19(18)26(22(23)30)13-20(28)25-12-17-4-3-11-31-17/h1-11H,12-14H2,(H,25,28)/t23-/m1/s1. The summed E-state index contributed by atoms with van der Waals surface area (Å²) in [6.07, 6.45) is 1.53. The minimum Gasteiger partial charge on any atom is -0.467 e. The minimum absolute atomic E-state index is 0.154. The van der Waals surface area contributed by atoms with Crippen LogP contribution in [-0.2, 0) is 25.8 Å². The quantitative estimate of drug-likeness (QED) is 0.620. The topological polar surface area (TPSA) is 82.9 Å². The second kappa shape index (κ2) is 8.03. The third-order valence-electron chi connectivity index (χ3n) is 5.49. The third-order valence-corrected chi connectivity index (χ3v) is 7.13. The fourth-order valence-electron chi connectivity index (χ4n) is 4.10. The Morgan fingerprint density at radius 3 is 2.62 bits per heavy atom. The van der Waals surface area contributed by atoms with Crippen LogP contribution in [0.3, 0.4) is 0 Å². The summed E-state index contributed by atoms with van der Waals surface area (Å²) in [6, 6.07) is 17.6. The van der Waals surface area contributed by atoms with Crippen LogP contribution >= 0.6 is 23.4 Å². The first-order chi connectivity index (χ1) is 15.5. The number of halogens is 1. The number of hydrogen-bond donors (Lipinski definition) is 1. The molecule has 0 bridgehead atoms. The molecule has 2 aliphatic heterocycles. The number of para-hydroxylation sites is 1. The Morgan fingerprint density at radius 2 is 1.88 bits per heavy atom. The molecule has 9 heteroatoms. The first-order valence-corrected chi connectivity index (χ1v) is 11.3. The molecule has 1 fully saturated rings. The van der Waals surface area contributed by atoms with Crippen molar-refractivity contribution in [1.82, 2.24) is 5.32 Å². The van der Waals surface area contributed by atoms with Gasteiger partial charge in [-0.05, 0) is 42.5 Å². The van der Waals surface area contributed by atoms with Gasteiger partial charge in [-0.25, -0.2) is 0 Å². The monoisotopic (exact) mass is 467 g/mol. The molecule has 5 rings (SSSR count). The normalized spacial score (nSPS) is 19.7. The molecule has 162 valence electrons. The fraction of sp³-hybridized carbons (Fsp3) is 0.174. The van der Waals surface area contributed by atoms with Crippen molar-refractivity contribution in [1.29, 1.82) is 0 Å². The lowest BCUT2D eigenvalue weighted by Gasteiger charge is -2.33. The van der Waals surface area contributed by atoms with Gasteiger partial charge in [0.25, 0.3) is 5.91 Å². The summed E-state index contributed by atoms with van der Waals surface area (Å²) in [7, 11) is 0. The smallest absolute Gasteiger partial charge is 0.269 e. The summed E-state index contributed by atoms with van der Waals surface area (Å²) in [6.45, 7) is 0.0618. The number of benzene rings is 2. The molecule has 2 aliphatic rings. The molecule has 3 amide bonds. The Morgan fingerprint density at radius 1 is 1.09 bits per heavy atom. The van der Waals surface area contributed by atoms with Crippen LogP contribution in [0.15, 0.2) is 71.3 Å². The zero-order chi connectivity index (χ0) is 22.3. The average Bonchev–Trinajstić information content (AvgIpc) is 3.49. The van der Waals surface area contributed by atoms with E-state index in [0.29, 0.717) is 27.7 Å². The molecule has 0 aliphatic carbocycles. The van der Waals surface area contributed by atoms with Crippen LogP contribution in [0.5, 0.6) is 0 Å². The number of nitrogens with zero attached hydrogens (tertiary/aromatic N) is 2. The van der Waals surface area contributed by atoms with Crippen LogP contribution < -0.4 is 15.1 Å². The van der Waals surface area contributed by atoms with Gasteiger partial charge in [-0.15, -0.1) is 11.8 Å². The second-order valence-electron chi connectivity index (χ2n) is 7.40. The van der Waals surface area contributed by atoms with E-state index in [1.54, 1.807) is 42.5 Å². The lowest BCUT2D eigenvalue weighted by Crippen LogP contribution is -2.51. The first kappa shape index (κ1) is 20.7. The number of anilines is 2. The molecule has 3 aromatic rings. The van der Waals surface area contributed by atoms with E-state index in [0.717, 1.165) is 0 Å². The maximum absolute atomic E-state index is 13.8. The van der Waals surface area contributed by atoms with E-state index < -0.39 is 4.87 Å². The highest BCUT2D eigenvalue weighted by Crippen LogP contribution is 2.55. The Balaban J connectivity index is 1.48. The number of carbonyl (C=O) groups excluding carboxylic acids is 3. The predicted octanol–water partition coefficient (Wildman–Crippen LogP) is 3.53. The van der Waals surface area contributed by atoms with Crippen molar-refractivity contribution >= 4 is 52.5 Å². The highest BCUT2D eigenvalue weighted by Gasteiger charge is 2.61. The number of hydrogen-bond acceptors (Lipinski definition) is 5. The summed E-state index contributed by atoms with van der Waals surface area (Å²) in [5.74, 6) is -0.0497. The van der Waals surface area contributed by atoms with Crippen LogP contribution in [0.2, 0.25) is 5.02 Å². The second-order valence-corrected chi connectivity index (χ2v) is 9.01. The molecule has 0 unspecified atom stereocenters. The first-order valence-electron chi connectivity index (χ1n) is 9.94. The van der Waals surface area contributed by atoms with Gasteiger partial charge in [0.1, 0.15) is 12.3 Å². The molecule has 2 aromatic carbocycles. The van der Waals surface area contributed by atoms with Crippen LogP contribution in [0.4, 0.5) is 11.4 Å². The van der Waals surface area contributed by atoms with Crippen LogP contribution in [0.1, 0.15) is 11.3 Å². The van der Waals surface area contributed by atoms with Crippen molar-refractivity contribution < 1.29 is 18.8 Å². The number of furan rings is 1. The molecule has 0 radical (unpaired) electrons. The molecule has 32 heavy (non-hydrogen) atoms. The lowest BCUT2D eigenvalue weighted by atomic mass is 10.0. The van der Waals surface area contributed by atoms with Crippen molar-refractivity contribution in [2.75, 3.05) is 22.1 Å². The highest BCUT2D eigenvalue weighted by atomic mass is 35.5. The molecule has 3 heterocycles. The molecule has 1 aromatic heterocycles. The Kier molecular flexibility index (Phi) is 5.19. The highest BCUT2D eigenvalue weighted by molar-refractivity contribution is 8.02. The Hall–Kier alpha value is -3.23. The van der Waals surface area contributed by atoms with Crippen molar-refractivity contribution in [2.24, 2.45) is 0 Å². The van der Waals surface area contributed by atoms with E-state index in [1.165, 1.54) is 27.8 Å². The molecule has 1 atom stereocenters. The van der Waals surface area contributed by atoms with Gasteiger partial charge in [0.15, 0.2) is 0 Å². The Labute approximate surface area is 193 Å². The van der Waals surface area contributed by atoms with E-state index in [2.05, 4.69) is 5.32 Å². The van der Waals surface area contributed by atoms with Gasteiger partial charge >= 0.3 is 0 Å². The summed E-state index contributed by atoms with van der Waals surface area (Å²) >= 11 is 7.29. The number of rotatable bonds is 5. The molecule has 1 saturated heterocycles. The van der Waals surface area contributed by atoms with Crippen LogP contribution in [-0.4, -0.2) is 30.0 Å². The Bertz CT molecular complexity index is 1200. The summed E-state index contributed by atoms with van der Waals surface area (Å²) in [4.78, 5) is 41.2. The van der Waals surface area contributed by atoms with Gasteiger partial charge in [0.2, 0.25) is 16.7 Å². The van der Waals surface area contributed by atoms with Crippen LogP contribution in [0.25, 0.3) is 0 Å². The lowest BCUT2D eigenvalue weighted by molar-refractivity contribution is -0.125. The summed E-state index contributed by atoms with van der Waals surface area (Å²) < 4.78 is 5.24. The van der Waals surface area contributed by atoms with E-state index in [-0.39, 0.29) is 36.6 Å². The zero-order valence-electron chi connectivity index (χ0n) is 16.8. The summed E-state index contributed by atoms with van der Waals surface area (Å²) in [5, 5.41) is 3.31. The molecular formula is C23H18ClN3O4S. The maximum atomic E-state index is 13.8. The van der Waals surface area contributed by atoms with Crippen molar-refractivity contribution in [3.05, 3.63) is 83.3 Å². The van der Waals surface area contributed by atoms with E-state index >= 15 is 0 Å². The average molecular weight is 468 g/mol. The number of amides is 3. The number of thioether (sulfide) groups is 1. The molecular weight excluding hydrogens is 450 g/mol. The molecule has 1 spiro atoms. The SMILES string of the molecule is O=C(CN1C(=O)[C@]2(SCC(=O)N2c2ccc(Cl)cc2)c2ccccc21)NCc1ccco1. The van der Waals surface area contributed by atoms with Crippen LogP contribution in [0, 0.1) is 0 Å². The number of fused-ring (bicyclic) bond motifs is 2. The maximum Gasteiger partial charge on any atom is 0.269 e. The summed E-state index contributed by atoms with van der Waals surface area (Å²) in [5.41, 5.74) is 1.89. The van der Waals surface area contributed by atoms with Gasteiger partial charge < -0.3 is 9.73 Å². The third kappa shape index (κ3) is 3.27. The predicted molar refractivity (Wildman–Crippen MR) is 122 cm³/mol. The molecule has 1 N–H and O–H groups in total.